The number of benzene rings is 1. The molecule has 0 heterocycles. The summed E-state index contributed by atoms with van der Waals surface area (Å²) in [6.07, 6.45) is 0. The van der Waals surface area contributed by atoms with Crippen LogP contribution in [-0.4, -0.2) is 0 Å². The number of allylic oxidation sites excluding steroid dienone is 1. The van der Waals surface area contributed by atoms with Crippen LogP contribution in [0.15, 0.2) is 35.9 Å². The summed E-state index contributed by atoms with van der Waals surface area (Å²) in [6, 6.07) is 10.1. The Balaban J connectivity index is 2.96. The van der Waals surface area contributed by atoms with E-state index in [0.29, 0.717) is 0 Å². The highest BCUT2D eigenvalue weighted by Crippen LogP contribution is 2.12. The fourth-order valence-electron chi connectivity index (χ4n) is 0.764. The van der Waals surface area contributed by atoms with Gasteiger partial charge in [0.1, 0.15) is 0 Å². The minimum absolute atomic E-state index is 1.10. The van der Waals surface area contributed by atoms with Crippen molar-refractivity contribution in [3.63, 3.8) is 0 Å². The highest BCUT2D eigenvalue weighted by Gasteiger charge is 1.89. The molecule has 1 rings (SSSR count). The van der Waals surface area contributed by atoms with Crippen molar-refractivity contribution in [3.8, 4) is 0 Å². The molecule has 0 amide bonds. The van der Waals surface area contributed by atoms with Crippen LogP contribution in [0, 0.1) is 0 Å². The van der Waals surface area contributed by atoms with Gasteiger partial charge in [0.05, 0.1) is 0 Å². The molecule has 1 aromatic carbocycles. The molecule has 0 bridgehead atoms. The van der Waals surface area contributed by atoms with E-state index in [4.69, 9.17) is 11.6 Å². The smallest absolute Gasteiger partial charge is 0.00777 e. The molecular formula is C9H9Cl. The summed E-state index contributed by atoms with van der Waals surface area (Å²) in [5, 5.41) is 0. The van der Waals surface area contributed by atoms with Crippen molar-refractivity contribution in [1.82, 2.24) is 0 Å². The van der Waals surface area contributed by atoms with E-state index in [1.807, 2.05) is 37.3 Å². The molecule has 0 saturated heterocycles. The number of hydrogen-bond donors (Lipinski definition) is 0. The van der Waals surface area contributed by atoms with Crippen molar-refractivity contribution in [1.29, 1.82) is 0 Å². The van der Waals surface area contributed by atoms with Crippen LogP contribution in [-0.2, 0) is 0 Å². The lowest BCUT2D eigenvalue weighted by atomic mass is 10.1. The van der Waals surface area contributed by atoms with Crippen molar-refractivity contribution >= 4 is 17.2 Å². The number of rotatable bonds is 1. The van der Waals surface area contributed by atoms with Gasteiger partial charge in [0.2, 0.25) is 0 Å². The second-order valence-corrected chi connectivity index (χ2v) is 2.38. The quantitative estimate of drug-likeness (QED) is 0.580. The summed E-state index contributed by atoms with van der Waals surface area (Å²) in [7, 11) is 0. The second-order valence-electron chi connectivity index (χ2n) is 2.16. The number of hydrogen-bond acceptors (Lipinski definition) is 0. The van der Waals surface area contributed by atoms with Gasteiger partial charge < -0.3 is 0 Å². The molecule has 0 radical (unpaired) electrons. The zero-order chi connectivity index (χ0) is 7.40. The third-order valence-corrected chi connectivity index (χ3v) is 1.72. The maximum atomic E-state index is 5.52. The Morgan fingerprint density at radius 2 is 1.90 bits per heavy atom. The lowest BCUT2D eigenvalue weighted by molar-refractivity contribution is 1.58. The molecule has 1 heteroatoms. The average molecular weight is 153 g/mol. The summed E-state index contributed by atoms with van der Waals surface area (Å²) >= 11 is 5.52. The van der Waals surface area contributed by atoms with Gasteiger partial charge in [-0.05, 0) is 18.1 Å². The Kier molecular flexibility index (Phi) is 2.52. The molecule has 0 unspecified atom stereocenters. The molecule has 0 fully saturated rings. The first-order chi connectivity index (χ1) is 4.84. The summed E-state index contributed by atoms with van der Waals surface area (Å²) in [5.41, 5.74) is 3.87. The van der Waals surface area contributed by atoms with Crippen molar-refractivity contribution in [2.24, 2.45) is 0 Å². The fourth-order valence-corrected chi connectivity index (χ4v) is 0.890. The van der Waals surface area contributed by atoms with Gasteiger partial charge >= 0.3 is 0 Å². The zero-order valence-corrected chi connectivity index (χ0v) is 6.60. The van der Waals surface area contributed by atoms with Crippen LogP contribution in [0.1, 0.15) is 12.5 Å². The van der Waals surface area contributed by atoms with Crippen LogP contribution in [0.25, 0.3) is 5.57 Å². The molecule has 0 atom stereocenters. The van der Waals surface area contributed by atoms with E-state index >= 15 is 0 Å². The summed E-state index contributed by atoms with van der Waals surface area (Å²) < 4.78 is 0. The minimum Gasteiger partial charge on any atom is -0.0926 e. The van der Waals surface area contributed by atoms with Crippen LogP contribution >= 0.6 is 11.6 Å². The van der Waals surface area contributed by atoms with Gasteiger partial charge in [-0.15, -0.1) is 0 Å². The van der Waals surface area contributed by atoms with Crippen molar-refractivity contribution in [3.05, 3.63) is 41.4 Å². The highest BCUT2D eigenvalue weighted by atomic mass is 35.5. The Morgan fingerprint density at radius 1 is 1.30 bits per heavy atom. The van der Waals surface area contributed by atoms with Crippen molar-refractivity contribution < 1.29 is 0 Å². The van der Waals surface area contributed by atoms with E-state index in [0.717, 1.165) is 5.57 Å². The maximum Gasteiger partial charge on any atom is 0.00777 e. The van der Waals surface area contributed by atoms with Gasteiger partial charge in [0.15, 0.2) is 0 Å². The Hall–Kier alpha value is -0.750. The predicted molar refractivity (Wildman–Crippen MR) is 45.9 cm³/mol. The minimum atomic E-state index is 1.10. The molecule has 0 nitrogen and oxygen atoms in total. The molecule has 52 valence electrons. The van der Waals surface area contributed by atoms with E-state index in [2.05, 4.69) is 0 Å². The largest absolute Gasteiger partial charge is 0.0926 e. The first kappa shape index (κ1) is 7.36. The summed E-state index contributed by atoms with van der Waals surface area (Å²) in [6.45, 7) is 1.99. The Morgan fingerprint density at radius 3 is 2.40 bits per heavy atom. The summed E-state index contributed by atoms with van der Waals surface area (Å²) in [5.74, 6) is 0. The lowest BCUT2D eigenvalue weighted by Crippen LogP contribution is -1.74. The van der Waals surface area contributed by atoms with Crippen LogP contribution < -0.4 is 0 Å². The van der Waals surface area contributed by atoms with Gasteiger partial charge in [-0.1, -0.05) is 41.9 Å². The van der Waals surface area contributed by atoms with E-state index in [1.54, 1.807) is 5.54 Å². The van der Waals surface area contributed by atoms with Crippen LogP contribution in [0.4, 0.5) is 0 Å². The van der Waals surface area contributed by atoms with Gasteiger partial charge in [-0.25, -0.2) is 0 Å². The average Bonchev–Trinajstić information content (AvgIpc) is 2.05. The molecule has 0 spiro atoms. The van der Waals surface area contributed by atoms with Gasteiger partial charge in [-0.3, -0.25) is 0 Å². The number of halogens is 1. The van der Waals surface area contributed by atoms with E-state index in [-0.39, 0.29) is 0 Å². The Bertz CT molecular complexity index is 224. The molecule has 0 aliphatic heterocycles. The van der Waals surface area contributed by atoms with E-state index in [1.165, 1.54) is 5.56 Å². The maximum absolute atomic E-state index is 5.52. The summed E-state index contributed by atoms with van der Waals surface area (Å²) in [4.78, 5) is 0. The highest BCUT2D eigenvalue weighted by molar-refractivity contribution is 6.28. The van der Waals surface area contributed by atoms with Gasteiger partial charge in [0.25, 0.3) is 0 Å². The zero-order valence-electron chi connectivity index (χ0n) is 5.84. The molecule has 0 saturated carbocycles. The third kappa shape index (κ3) is 1.61. The second kappa shape index (κ2) is 3.43. The molecular weight excluding hydrogens is 144 g/mol. The van der Waals surface area contributed by atoms with Gasteiger partial charge in [-0.2, -0.15) is 0 Å². The van der Waals surface area contributed by atoms with Gasteiger partial charge in [0, 0.05) is 5.54 Å². The molecule has 10 heavy (non-hydrogen) atoms. The first-order valence-electron chi connectivity index (χ1n) is 3.17. The van der Waals surface area contributed by atoms with E-state index < -0.39 is 0 Å². The van der Waals surface area contributed by atoms with Crippen LogP contribution in [0.2, 0.25) is 0 Å². The first-order valence-corrected chi connectivity index (χ1v) is 3.60. The van der Waals surface area contributed by atoms with Crippen molar-refractivity contribution in [2.75, 3.05) is 0 Å². The molecule has 0 aliphatic rings. The molecule has 1 aromatic rings. The molecule has 0 aromatic heterocycles. The molecule has 0 aliphatic carbocycles. The van der Waals surface area contributed by atoms with E-state index in [9.17, 15) is 0 Å². The normalized spacial score (nSPS) is 11.6. The topological polar surface area (TPSA) is 0 Å². The Labute approximate surface area is 66.1 Å². The molecule has 0 N–H and O–H groups in total. The SMILES string of the molecule is C/C(=C/Cl)c1ccccc1. The van der Waals surface area contributed by atoms with Crippen LogP contribution in [0.5, 0.6) is 0 Å². The monoisotopic (exact) mass is 152 g/mol. The standard InChI is InChI=1S/C9H9Cl/c1-8(7-10)9-5-3-2-4-6-9/h2-7H,1H3/b8-7-. The lowest BCUT2D eigenvalue weighted by Gasteiger charge is -1.96. The predicted octanol–water partition coefficient (Wildman–Crippen LogP) is 3.29. The fraction of sp³-hybridized carbons (Fsp3) is 0.111. The van der Waals surface area contributed by atoms with Crippen molar-refractivity contribution in [2.45, 2.75) is 6.92 Å². The third-order valence-electron chi connectivity index (χ3n) is 1.39. The van der Waals surface area contributed by atoms with Crippen LogP contribution in [0.3, 0.4) is 0 Å².